The van der Waals surface area contributed by atoms with Gasteiger partial charge in [-0.25, -0.2) is 0 Å². The SMILES string of the molecule is CCCC12CC3(c4ccc(C)cc4O)CC(c4ccc(C)cc4O)(C1)CC(C(C)(C)C)(C2)C3. The van der Waals surface area contributed by atoms with Crippen molar-refractivity contribution in [3.63, 3.8) is 0 Å². The van der Waals surface area contributed by atoms with Gasteiger partial charge < -0.3 is 10.2 Å². The Labute approximate surface area is 200 Å². The van der Waals surface area contributed by atoms with Crippen LogP contribution in [0.1, 0.15) is 101 Å². The lowest BCUT2D eigenvalue weighted by Gasteiger charge is -2.74. The second-order valence-electron chi connectivity index (χ2n) is 13.4. The summed E-state index contributed by atoms with van der Waals surface area (Å²) in [4.78, 5) is 0. The number of aromatic hydroxyl groups is 2. The monoisotopic (exact) mass is 446 g/mol. The van der Waals surface area contributed by atoms with Crippen molar-refractivity contribution in [3.8, 4) is 11.5 Å². The smallest absolute Gasteiger partial charge is 0.119 e. The quantitative estimate of drug-likeness (QED) is 0.498. The van der Waals surface area contributed by atoms with E-state index in [1.807, 2.05) is 12.1 Å². The Bertz CT molecular complexity index is 1020. The van der Waals surface area contributed by atoms with E-state index >= 15 is 0 Å². The second kappa shape index (κ2) is 7.03. The van der Waals surface area contributed by atoms with Crippen molar-refractivity contribution in [2.45, 2.75) is 104 Å². The summed E-state index contributed by atoms with van der Waals surface area (Å²) >= 11 is 0. The number of hydrogen-bond donors (Lipinski definition) is 2. The number of benzene rings is 2. The fraction of sp³-hybridized carbons (Fsp3) is 0.613. The highest BCUT2D eigenvalue weighted by Gasteiger charge is 2.71. The van der Waals surface area contributed by atoms with Crippen molar-refractivity contribution < 1.29 is 10.2 Å². The summed E-state index contributed by atoms with van der Waals surface area (Å²) in [5, 5.41) is 22.5. The van der Waals surface area contributed by atoms with Crippen LogP contribution in [0.25, 0.3) is 0 Å². The van der Waals surface area contributed by atoms with Gasteiger partial charge in [0.1, 0.15) is 11.5 Å². The number of hydrogen-bond acceptors (Lipinski definition) is 2. The molecule has 0 aromatic heterocycles. The van der Waals surface area contributed by atoms with Gasteiger partial charge in [0.05, 0.1) is 0 Å². The molecule has 4 aliphatic carbocycles. The molecule has 0 aliphatic heterocycles. The predicted octanol–water partition coefficient (Wildman–Crippen LogP) is 8.09. The first-order chi connectivity index (χ1) is 15.4. The first kappa shape index (κ1) is 22.8. The lowest BCUT2D eigenvalue weighted by atomic mass is 9.30. The minimum absolute atomic E-state index is 0.0493. The zero-order chi connectivity index (χ0) is 23.9. The molecule has 2 aromatic rings. The van der Waals surface area contributed by atoms with E-state index < -0.39 is 0 Å². The van der Waals surface area contributed by atoms with Crippen molar-refractivity contribution in [2.75, 3.05) is 0 Å². The Kier molecular flexibility index (Phi) is 4.86. The fourth-order valence-corrected chi connectivity index (χ4v) is 9.19. The molecule has 0 saturated heterocycles. The van der Waals surface area contributed by atoms with Crippen LogP contribution in [-0.2, 0) is 10.8 Å². The maximum atomic E-state index is 11.2. The first-order valence-electron chi connectivity index (χ1n) is 13.0. The van der Waals surface area contributed by atoms with Crippen molar-refractivity contribution in [1.82, 2.24) is 0 Å². The Morgan fingerprint density at radius 1 is 0.727 bits per heavy atom. The van der Waals surface area contributed by atoms with Gasteiger partial charge in [-0.05, 0) is 98.3 Å². The molecule has 0 radical (unpaired) electrons. The van der Waals surface area contributed by atoms with E-state index in [0.29, 0.717) is 11.5 Å². The van der Waals surface area contributed by atoms with Gasteiger partial charge in [-0.1, -0.05) is 58.4 Å². The molecule has 178 valence electrons. The molecule has 33 heavy (non-hydrogen) atoms. The van der Waals surface area contributed by atoms with Gasteiger partial charge in [0.25, 0.3) is 0 Å². The standard InChI is InChI=1S/C31H42O2/c1-7-12-28-15-29(23-10-8-21(2)13-25(23)32)18-30(16-28,24-11-9-22(3)14-26(24)33)20-31(17-28,19-29)27(4,5)6/h8-11,13-14,32-33H,7,12,15-20H2,1-6H3. The van der Waals surface area contributed by atoms with Gasteiger partial charge >= 0.3 is 0 Å². The van der Waals surface area contributed by atoms with Gasteiger partial charge in [0.15, 0.2) is 0 Å². The van der Waals surface area contributed by atoms with E-state index in [1.54, 1.807) is 0 Å². The Hall–Kier alpha value is -1.96. The number of phenolic OH excluding ortho intramolecular Hbond substituents is 2. The van der Waals surface area contributed by atoms with Gasteiger partial charge in [-0.2, -0.15) is 0 Å². The number of aryl methyl sites for hydroxylation is 2. The third kappa shape index (κ3) is 3.27. The number of phenols is 2. The summed E-state index contributed by atoms with van der Waals surface area (Å²) < 4.78 is 0. The Morgan fingerprint density at radius 3 is 1.61 bits per heavy atom. The van der Waals surface area contributed by atoms with Crippen LogP contribution in [0.2, 0.25) is 0 Å². The molecule has 4 fully saturated rings. The van der Waals surface area contributed by atoms with E-state index in [4.69, 9.17) is 0 Å². The van der Waals surface area contributed by atoms with Crippen molar-refractivity contribution in [1.29, 1.82) is 0 Å². The summed E-state index contributed by atoms with van der Waals surface area (Å²) in [5.41, 5.74) is 5.02. The molecule has 2 nitrogen and oxygen atoms in total. The Balaban J connectivity index is 1.79. The molecular formula is C31H42O2. The van der Waals surface area contributed by atoms with Crippen LogP contribution in [0.15, 0.2) is 36.4 Å². The molecule has 2 atom stereocenters. The molecule has 2 aromatic carbocycles. The minimum Gasteiger partial charge on any atom is -0.508 e. The molecule has 2 N–H and O–H groups in total. The highest BCUT2D eigenvalue weighted by Crippen LogP contribution is 2.79. The lowest BCUT2D eigenvalue weighted by Crippen LogP contribution is -2.67. The van der Waals surface area contributed by atoms with Gasteiger partial charge in [0, 0.05) is 22.0 Å². The molecule has 6 rings (SSSR count). The fourth-order valence-electron chi connectivity index (χ4n) is 9.19. The average molecular weight is 447 g/mol. The summed E-state index contributed by atoms with van der Waals surface area (Å²) in [6, 6.07) is 12.7. The van der Waals surface area contributed by atoms with E-state index in [-0.39, 0.29) is 27.1 Å². The molecule has 4 bridgehead atoms. The number of rotatable bonds is 4. The first-order valence-corrected chi connectivity index (χ1v) is 13.0. The molecule has 0 heterocycles. The van der Waals surface area contributed by atoms with E-state index in [0.717, 1.165) is 54.4 Å². The topological polar surface area (TPSA) is 40.5 Å². The van der Waals surface area contributed by atoms with Crippen molar-refractivity contribution in [2.24, 2.45) is 16.2 Å². The van der Waals surface area contributed by atoms with Crippen LogP contribution in [0.5, 0.6) is 11.5 Å². The van der Waals surface area contributed by atoms with Crippen molar-refractivity contribution in [3.05, 3.63) is 58.7 Å². The van der Waals surface area contributed by atoms with Crippen LogP contribution in [0.4, 0.5) is 0 Å². The van der Waals surface area contributed by atoms with Crippen LogP contribution in [-0.4, -0.2) is 10.2 Å². The average Bonchev–Trinajstić information content (AvgIpc) is 2.65. The highest BCUT2D eigenvalue weighted by atomic mass is 16.3. The Morgan fingerprint density at radius 2 is 1.21 bits per heavy atom. The summed E-state index contributed by atoms with van der Waals surface area (Å²) in [6.07, 6.45) is 9.32. The molecule has 4 aliphatic rings. The third-order valence-corrected chi connectivity index (χ3v) is 9.99. The lowest BCUT2D eigenvalue weighted by molar-refractivity contribution is -0.185. The molecule has 0 amide bonds. The van der Waals surface area contributed by atoms with Gasteiger partial charge in [-0.3, -0.25) is 0 Å². The van der Waals surface area contributed by atoms with E-state index in [2.05, 4.69) is 65.8 Å². The minimum atomic E-state index is -0.0493. The van der Waals surface area contributed by atoms with Crippen molar-refractivity contribution >= 4 is 0 Å². The second-order valence-corrected chi connectivity index (χ2v) is 13.4. The third-order valence-electron chi connectivity index (χ3n) is 9.99. The predicted molar refractivity (Wildman–Crippen MR) is 136 cm³/mol. The molecule has 2 heteroatoms. The highest BCUT2D eigenvalue weighted by molar-refractivity contribution is 5.50. The summed E-state index contributed by atoms with van der Waals surface area (Å²) in [6.45, 7) is 13.8. The van der Waals surface area contributed by atoms with Crippen LogP contribution in [0.3, 0.4) is 0 Å². The van der Waals surface area contributed by atoms with Crippen LogP contribution < -0.4 is 0 Å². The normalized spacial score (nSPS) is 35.2. The zero-order valence-electron chi connectivity index (χ0n) is 21.5. The molecule has 2 unspecified atom stereocenters. The molecule has 0 spiro atoms. The summed E-state index contributed by atoms with van der Waals surface area (Å²) in [5.74, 6) is 0.937. The van der Waals surface area contributed by atoms with E-state index in [9.17, 15) is 10.2 Å². The molecular weight excluding hydrogens is 404 g/mol. The largest absolute Gasteiger partial charge is 0.508 e. The zero-order valence-corrected chi connectivity index (χ0v) is 21.5. The van der Waals surface area contributed by atoms with Crippen LogP contribution in [0, 0.1) is 30.1 Å². The van der Waals surface area contributed by atoms with Crippen LogP contribution >= 0.6 is 0 Å². The van der Waals surface area contributed by atoms with Gasteiger partial charge in [0.2, 0.25) is 0 Å². The summed E-state index contributed by atoms with van der Waals surface area (Å²) in [7, 11) is 0. The maximum Gasteiger partial charge on any atom is 0.119 e. The van der Waals surface area contributed by atoms with E-state index in [1.165, 1.54) is 19.3 Å². The maximum absolute atomic E-state index is 11.2. The van der Waals surface area contributed by atoms with Gasteiger partial charge in [-0.15, -0.1) is 0 Å². The molecule has 4 saturated carbocycles.